The zero-order chi connectivity index (χ0) is 16.0. The van der Waals surface area contributed by atoms with Crippen LogP contribution in [0.2, 0.25) is 0 Å². The largest absolute Gasteiger partial charge is 0.496 e. The van der Waals surface area contributed by atoms with Crippen molar-refractivity contribution in [2.45, 2.75) is 34.2 Å². The Morgan fingerprint density at radius 1 is 1.19 bits per heavy atom. The highest BCUT2D eigenvalue weighted by molar-refractivity contribution is 5.42. The van der Waals surface area contributed by atoms with E-state index in [0.29, 0.717) is 30.0 Å². The Morgan fingerprint density at radius 3 is 2.29 bits per heavy atom. The SMILES string of the molecule is COc1cc(CNCC(C(C)C)C(C)C)cc([N+](=O)[O-])c1. The van der Waals surface area contributed by atoms with Gasteiger partial charge in [-0.05, 0) is 35.9 Å². The molecule has 0 fully saturated rings. The van der Waals surface area contributed by atoms with E-state index in [1.165, 1.54) is 13.2 Å². The van der Waals surface area contributed by atoms with Crippen molar-refractivity contribution in [2.24, 2.45) is 17.8 Å². The molecule has 21 heavy (non-hydrogen) atoms. The number of nitro benzene ring substituents is 1. The lowest BCUT2D eigenvalue weighted by atomic mass is 9.85. The minimum Gasteiger partial charge on any atom is -0.496 e. The summed E-state index contributed by atoms with van der Waals surface area (Å²) in [5, 5.41) is 14.3. The second kappa shape index (κ2) is 7.98. The predicted octanol–water partition coefficient (Wildman–Crippen LogP) is 3.62. The van der Waals surface area contributed by atoms with E-state index < -0.39 is 4.92 Å². The molecule has 0 aliphatic heterocycles. The first kappa shape index (κ1) is 17.4. The lowest BCUT2D eigenvalue weighted by Gasteiger charge is -2.25. The van der Waals surface area contributed by atoms with E-state index >= 15 is 0 Å². The van der Waals surface area contributed by atoms with Crippen LogP contribution in [0.1, 0.15) is 33.3 Å². The van der Waals surface area contributed by atoms with E-state index in [4.69, 9.17) is 4.74 Å². The molecule has 0 amide bonds. The molecule has 0 aromatic heterocycles. The number of hydrogen-bond acceptors (Lipinski definition) is 4. The van der Waals surface area contributed by atoms with E-state index in [2.05, 4.69) is 33.0 Å². The molecule has 0 saturated carbocycles. The fourth-order valence-electron chi connectivity index (χ4n) is 2.59. The summed E-state index contributed by atoms with van der Waals surface area (Å²) in [5.41, 5.74) is 0.933. The monoisotopic (exact) mass is 294 g/mol. The van der Waals surface area contributed by atoms with Crippen LogP contribution in [0.25, 0.3) is 0 Å². The first-order chi connectivity index (χ1) is 9.85. The predicted molar refractivity (Wildman–Crippen MR) is 84.5 cm³/mol. The highest BCUT2D eigenvalue weighted by Gasteiger charge is 2.17. The third-order valence-corrected chi connectivity index (χ3v) is 3.82. The molecular formula is C16H26N2O3. The van der Waals surface area contributed by atoms with E-state index in [-0.39, 0.29) is 5.69 Å². The quantitative estimate of drug-likeness (QED) is 0.587. The smallest absolute Gasteiger partial charge is 0.273 e. The maximum absolute atomic E-state index is 10.9. The molecular weight excluding hydrogens is 268 g/mol. The Labute approximate surface area is 126 Å². The number of ether oxygens (including phenoxy) is 1. The number of benzene rings is 1. The van der Waals surface area contributed by atoms with Crippen molar-refractivity contribution in [3.63, 3.8) is 0 Å². The summed E-state index contributed by atoms with van der Waals surface area (Å²) in [6, 6.07) is 4.86. The fraction of sp³-hybridized carbons (Fsp3) is 0.625. The molecule has 5 nitrogen and oxygen atoms in total. The lowest BCUT2D eigenvalue weighted by molar-refractivity contribution is -0.385. The summed E-state index contributed by atoms with van der Waals surface area (Å²) < 4.78 is 5.12. The van der Waals surface area contributed by atoms with Gasteiger partial charge in [0, 0.05) is 12.6 Å². The van der Waals surface area contributed by atoms with Gasteiger partial charge in [0.15, 0.2) is 0 Å². The van der Waals surface area contributed by atoms with Crippen molar-refractivity contribution in [2.75, 3.05) is 13.7 Å². The van der Waals surface area contributed by atoms with Gasteiger partial charge in [0.1, 0.15) is 5.75 Å². The maximum atomic E-state index is 10.9. The van der Waals surface area contributed by atoms with Gasteiger partial charge in [0.05, 0.1) is 18.1 Å². The first-order valence-corrected chi connectivity index (χ1v) is 7.38. The van der Waals surface area contributed by atoms with Crippen molar-refractivity contribution < 1.29 is 9.66 Å². The Morgan fingerprint density at radius 2 is 1.81 bits per heavy atom. The minimum absolute atomic E-state index is 0.0652. The normalized spacial score (nSPS) is 11.4. The van der Waals surface area contributed by atoms with Gasteiger partial charge in [-0.15, -0.1) is 0 Å². The lowest BCUT2D eigenvalue weighted by Crippen LogP contribution is -2.29. The Bertz CT molecular complexity index is 465. The van der Waals surface area contributed by atoms with E-state index in [0.717, 1.165) is 12.1 Å². The van der Waals surface area contributed by atoms with E-state index in [1.54, 1.807) is 6.07 Å². The Kier molecular flexibility index (Phi) is 6.62. The molecule has 1 aromatic carbocycles. The number of methoxy groups -OCH3 is 1. The van der Waals surface area contributed by atoms with Gasteiger partial charge < -0.3 is 10.1 Å². The van der Waals surface area contributed by atoms with Crippen LogP contribution in [-0.2, 0) is 6.54 Å². The first-order valence-electron chi connectivity index (χ1n) is 7.38. The molecule has 0 bridgehead atoms. The average Bonchev–Trinajstić information content (AvgIpc) is 2.42. The average molecular weight is 294 g/mol. The molecule has 1 aromatic rings. The van der Waals surface area contributed by atoms with Crippen LogP contribution in [0.3, 0.4) is 0 Å². The summed E-state index contributed by atoms with van der Waals surface area (Å²) in [6.07, 6.45) is 0. The molecule has 0 saturated heterocycles. The Hall–Kier alpha value is -1.62. The van der Waals surface area contributed by atoms with Crippen molar-refractivity contribution in [3.8, 4) is 5.75 Å². The van der Waals surface area contributed by atoms with Crippen LogP contribution >= 0.6 is 0 Å². The van der Waals surface area contributed by atoms with Gasteiger partial charge in [-0.25, -0.2) is 0 Å². The van der Waals surface area contributed by atoms with Gasteiger partial charge in [-0.1, -0.05) is 27.7 Å². The molecule has 0 atom stereocenters. The molecule has 1 N–H and O–H groups in total. The minimum atomic E-state index is -0.392. The zero-order valence-electron chi connectivity index (χ0n) is 13.6. The second-order valence-corrected chi connectivity index (χ2v) is 6.08. The summed E-state index contributed by atoms with van der Waals surface area (Å²) in [4.78, 5) is 10.5. The van der Waals surface area contributed by atoms with Crippen molar-refractivity contribution >= 4 is 5.69 Å². The van der Waals surface area contributed by atoms with Crippen LogP contribution < -0.4 is 10.1 Å². The van der Waals surface area contributed by atoms with Crippen LogP contribution in [0, 0.1) is 27.9 Å². The van der Waals surface area contributed by atoms with Crippen molar-refractivity contribution in [1.82, 2.24) is 5.32 Å². The number of rotatable bonds is 8. The summed E-state index contributed by atoms with van der Waals surface area (Å²) in [6.45, 7) is 10.4. The number of nitrogens with zero attached hydrogens (tertiary/aromatic N) is 1. The zero-order valence-corrected chi connectivity index (χ0v) is 13.6. The van der Waals surface area contributed by atoms with Crippen LogP contribution in [0.5, 0.6) is 5.75 Å². The van der Waals surface area contributed by atoms with Crippen LogP contribution in [0.15, 0.2) is 18.2 Å². The molecule has 0 heterocycles. The van der Waals surface area contributed by atoms with Crippen molar-refractivity contribution in [3.05, 3.63) is 33.9 Å². The third kappa shape index (κ3) is 5.34. The third-order valence-electron chi connectivity index (χ3n) is 3.82. The maximum Gasteiger partial charge on any atom is 0.273 e. The summed E-state index contributed by atoms with van der Waals surface area (Å²) in [5.74, 6) is 2.32. The van der Waals surface area contributed by atoms with Gasteiger partial charge in [0.25, 0.3) is 5.69 Å². The van der Waals surface area contributed by atoms with Crippen LogP contribution in [0.4, 0.5) is 5.69 Å². The number of nitro groups is 1. The second-order valence-electron chi connectivity index (χ2n) is 6.08. The standard InChI is InChI=1S/C16H26N2O3/c1-11(2)16(12(3)4)10-17-9-13-6-14(18(19)20)8-15(7-13)21-5/h6-8,11-12,16-17H,9-10H2,1-5H3. The van der Waals surface area contributed by atoms with Crippen LogP contribution in [-0.4, -0.2) is 18.6 Å². The molecule has 1 rings (SSSR count). The van der Waals surface area contributed by atoms with Gasteiger partial charge in [-0.3, -0.25) is 10.1 Å². The van der Waals surface area contributed by atoms with Gasteiger partial charge >= 0.3 is 0 Å². The molecule has 0 spiro atoms. The fourth-order valence-corrected chi connectivity index (χ4v) is 2.59. The van der Waals surface area contributed by atoms with Gasteiger partial charge in [-0.2, -0.15) is 0 Å². The number of nitrogens with one attached hydrogen (secondary N) is 1. The molecule has 0 unspecified atom stereocenters. The van der Waals surface area contributed by atoms with E-state index in [9.17, 15) is 10.1 Å². The Balaban J connectivity index is 2.70. The molecule has 118 valence electrons. The molecule has 0 aliphatic carbocycles. The highest BCUT2D eigenvalue weighted by atomic mass is 16.6. The topological polar surface area (TPSA) is 64.4 Å². The number of hydrogen-bond donors (Lipinski definition) is 1. The van der Waals surface area contributed by atoms with E-state index in [1.807, 2.05) is 6.07 Å². The van der Waals surface area contributed by atoms with Gasteiger partial charge in [0.2, 0.25) is 0 Å². The van der Waals surface area contributed by atoms with Crippen molar-refractivity contribution in [1.29, 1.82) is 0 Å². The molecule has 0 aliphatic rings. The summed E-state index contributed by atoms with van der Waals surface area (Å²) in [7, 11) is 1.52. The molecule has 0 radical (unpaired) electrons. The summed E-state index contributed by atoms with van der Waals surface area (Å²) >= 11 is 0. The highest BCUT2D eigenvalue weighted by Crippen LogP contribution is 2.23. The number of non-ortho nitro benzene ring substituents is 1. The molecule has 5 heteroatoms.